The van der Waals surface area contributed by atoms with Crippen LogP contribution in [0.15, 0.2) is 24.3 Å². The van der Waals surface area contributed by atoms with Crippen molar-refractivity contribution in [1.29, 1.82) is 0 Å². The van der Waals surface area contributed by atoms with Crippen LogP contribution in [0.25, 0.3) is 0 Å². The molecule has 2 unspecified atom stereocenters. The van der Waals surface area contributed by atoms with Gasteiger partial charge < -0.3 is 0 Å². The number of halogens is 1. The van der Waals surface area contributed by atoms with Gasteiger partial charge in [0.1, 0.15) is 4.21 Å². The standard InChI is InChI=1S/C7H11ClN2S/c1-11-7(8)5-3-2-4-6(7)10-9/h2-6,10H,9H2,1H3. The zero-order valence-electron chi connectivity index (χ0n) is 6.25. The van der Waals surface area contributed by atoms with Gasteiger partial charge in [-0.3, -0.25) is 11.3 Å². The van der Waals surface area contributed by atoms with E-state index in [1.54, 1.807) is 11.8 Å². The van der Waals surface area contributed by atoms with Crippen LogP contribution in [0, 0.1) is 0 Å². The first-order valence-corrected chi connectivity index (χ1v) is 4.89. The Hall–Kier alpha value is 0.0400. The highest BCUT2D eigenvalue weighted by molar-refractivity contribution is 8.01. The van der Waals surface area contributed by atoms with Gasteiger partial charge >= 0.3 is 0 Å². The molecule has 62 valence electrons. The Balaban J connectivity index is 2.77. The van der Waals surface area contributed by atoms with Crippen LogP contribution in [0.2, 0.25) is 0 Å². The SMILES string of the molecule is CSC1(Cl)C=CC=CC1NN. The zero-order valence-corrected chi connectivity index (χ0v) is 7.82. The number of nitrogens with two attached hydrogens (primary N) is 1. The van der Waals surface area contributed by atoms with E-state index >= 15 is 0 Å². The fourth-order valence-corrected chi connectivity index (χ4v) is 1.78. The number of hydrogen-bond acceptors (Lipinski definition) is 3. The molecule has 0 aromatic heterocycles. The van der Waals surface area contributed by atoms with Crippen LogP contribution in [0.5, 0.6) is 0 Å². The maximum atomic E-state index is 6.21. The van der Waals surface area contributed by atoms with Gasteiger partial charge in [0.05, 0.1) is 6.04 Å². The van der Waals surface area contributed by atoms with E-state index in [9.17, 15) is 0 Å². The number of alkyl halides is 1. The molecule has 2 nitrogen and oxygen atoms in total. The van der Waals surface area contributed by atoms with Crippen LogP contribution in [-0.2, 0) is 0 Å². The van der Waals surface area contributed by atoms with E-state index < -0.39 is 4.21 Å². The lowest BCUT2D eigenvalue weighted by Crippen LogP contribution is -2.46. The highest BCUT2D eigenvalue weighted by Crippen LogP contribution is 2.35. The maximum absolute atomic E-state index is 6.21. The van der Waals surface area contributed by atoms with E-state index in [0.717, 1.165) is 0 Å². The Morgan fingerprint density at radius 2 is 2.36 bits per heavy atom. The van der Waals surface area contributed by atoms with Crippen LogP contribution in [-0.4, -0.2) is 16.5 Å². The molecule has 0 saturated heterocycles. The molecule has 1 aliphatic rings. The quantitative estimate of drug-likeness (QED) is 0.391. The first kappa shape index (κ1) is 9.13. The van der Waals surface area contributed by atoms with Gasteiger partial charge in [0.25, 0.3) is 0 Å². The minimum absolute atomic E-state index is 0.00386. The monoisotopic (exact) mass is 190 g/mol. The van der Waals surface area contributed by atoms with E-state index in [1.165, 1.54) is 0 Å². The van der Waals surface area contributed by atoms with E-state index in [1.807, 2.05) is 30.6 Å². The maximum Gasteiger partial charge on any atom is 0.128 e. The first-order chi connectivity index (χ1) is 5.23. The second kappa shape index (κ2) is 3.63. The molecular formula is C7H11ClN2S. The molecule has 4 heteroatoms. The number of rotatable bonds is 2. The summed E-state index contributed by atoms with van der Waals surface area (Å²) >= 11 is 7.77. The molecule has 0 aromatic rings. The predicted octanol–water partition coefficient (Wildman–Crippen LogP) is 1.24. The molecule has 3 N–H and O–H groups in total. The summed E-state index contributed by atoms with van der Waals surface area (Å²) in [5.41, 5.74) is 2.65. The molecular weight excluding hydrogens is 180 g/mol. The molecule has 0 aromatic carbocycles. The Kier molecular flexibility index (Phi) is 3.01. The Labute approximate surface area is 75.8 Å². The number of thioether (sulfide) groups is 1. The van der Waals surface area contributed by atoms with Crippen molar-refractivity contribution in [3.63, 3.8) is 0 Å². The molecule has 1 aliphatic carbocycles. The van der Waals surface area contributed by atoms with Gasteiger partial charge in [-0.25, -0.2) is 0 Å². The molecule has 0 aliphatic heterocycles. The minimum atomic E-state index is -0.427. The van der Waals surface area contributed by atoms with Gasteiger partial charge in [-0.15, -0.1) is 23.4 Å². The third kappa shape index (κ3) is 1.79. The minimum Gasteiger partial charge on any atom is -0.271 e. The van der Waals surface area contributed by atoms with E-state index in [-0.39, 0.29) is 6.04 Å². The summed E-state index contributed by atoms with van der Waals surface area (Å²) in [4.78, 5) is 0. The smallest absolute Gasteiger partial charge is 0.128 e. The van der Waals surface area contributed by atoms with Crippen molar-refractivity contribution in [2.75, 3.05) is 6.26 Å². The van der Waals surface area contributed by atoms with Gasteiger partial charge in [0.2, 0.25) is 0 Å². The molecule has 0 spiro atoms. The van der Waals surface area contributed by atoms with Crippen molar-refractivity contribution in [2.45, 2.75) is 10.2 Å². The lowest BCUT2D eigenvalue weighted by atomic mass is 10.1. The van der Waals surface area contributed by atoms with Crippen molar-refractivity contribution in [3.05, 3.63) is 24.3 Å². The number of hydrogen-bond donors (Lipinski definition) is 2. The fourth-order valence-electron chi connectivity index (χ4n) is 0.961. The highest BCUT2D eigenvalue weighted by atomic mass is 35.5. The first-order valence-electron chi connectivity index (χ1n) is 3.29. The number of allylic oxidation sites excluding steroid dienone is 2. The third-order valence-corrected chi connectivity index (χ3v) is 3.49. The van der Waals surface area contributed by atoms with Gasteiger partial charge in [0.15, 0.2) is 0 Å². The van der Waals surface area contributed by atoms with Crippen LogP contribution < -0.4 is 11.3 Å². The second-order valence-electron chi connectivity index (χ2n) is 2.29. The van der Waals surface area contributed by atoms with Gasteiger partial charge in [-0.2, -0.15) is 0 Å². The van der Waals surface area contributed by atoms with Gasteiger partial charge in [-0.05, 0) is 6.26 Å². The average Bonchev–Trinajstić information content (AvgIpc) is 2.05. The van der Waals surface area contributed by atoms with Crippen LogP contribution in [0.4, 0.5) is 0 Å². The lowest BCUT2D eigenvalue weighted by Gasteiger charge is -2.30. The van der Waals surface area contributed by atoms with Crippen LogP contribution in [0.1, 0.15) is 0 Å². The van der Waals surface area contributed by atoms with Crippen molar-refractivity contribution in [2.24, 2.45) is 5.84 Å². The summed E-state index contributed by atoms with van der Waals surface area (Å²) in [7, 11) is 0. The summed E-state index contributed by atoms with van der Waals surface area (Å²) in [6, 6.07) is 0.00386. The summed E-state index contributed by atoms with van der Waals surface area (Å²) in [6.07, 6.45) is 9.70. The molecule has 0 heterocycles. The Bertz CT molecular complexity index is 193. The fraction of sp³-hybridized carbons (Fsp3) is 0.429. The second-order valence-corrected chi connectivity index (χ2v) is 4.22. The molecule has 1 rings (SSSR count). The summed E-state index contributed by atoms with van der Waals surface area (Å²) in [6.45, 7) is 0. The molecule has 0 bridgehead atoms. The molecule has 0 radical (unpaired) electrons. The van der Waals surface area contributed by atoms with Crippen LogP contribution in [0.3, 0.4) is 0 Å². The molecule has 2 atom stereocenters. The largest absolute Gasteiger partial charge is 0.271 e. The van der Waals surface area contributed by atoms with Crippen molar-refractivity contribution in [3.8, 4) is 0 Å². The topological polar surface area (TPSA) is 38.0 Å². The lowest BCUT2D eigenvalue weighted by molar-refractivity contribution is 0.606. The highest BCUT2D eigenvalue weighted by Gasteiger charge is 2.32. The summed E-state index contributed by atoms with van der Waals surface area (Å²) < 4.78 is -0.427. The molecule has 11 heavy (non-hydrogen) atoms. The molecule has 0 saturated carbocycles. The van der Waals surface area contributed by atoms with Crippen molar-refractivity contribution >= 4 is 23.4 Å². The van der Waals surface area contributed by atoms with Crippen molar-refractivity contribution in [1.82, 2.24) is 5.43 Å². The normalized spacial score (nSPS) is 36.1. The van der Waals surface area contributed by atoms with Gasteiger partial charge in [0, 0.05) is 0 Å². The number of nitrogens with one attached hydrogen (secondary N) is 1. The molecule has 0 fully saturated rings. The third-order valence-electron chi connectivity index (χ3n) is 1.65. The Morgan fingerprint density at radius 1 is 1.64 bits per heavy atom. The molecule has 0 amide bonds. The van der Waals surface area contributed by atoms with E-state index in [4.69, 9.17) is 17.4 Å². The van der Waals surface area contributed by atoms with Crippen LogP contribution >= 0.6 is 23.4 Å². The number of hydrazine groups is 1. The van der Waals surface area contributed by atoms with Gasteiger partial charge in [-0.1, -0.05) is 24.3 Å². The van der Waals surface area contributed by atoms with E-state index in [0.29, 0.717) is 0 Å². The zero-order chi connectivity index (χ0) is 8.32. The Morgan fingerprint density at radius 3 is 2.82 bits per heavy atom. The van der Waals surface area contributed by atoms with E-state index in [2.05, 4.69) is 5.43 Å². The predicted molar refractivity (Wildman–Crippen MR) is 51.5 cm³/mol. The van der Waals surface area contributed by atoms with Crippen molar-refractivity contribution < 1.29 is 0 Å². The summed E-state index contributed by atoms with van der Waals surface area (Å²) in [5.74, 6) is 5.32. The summed E-state index contributed by atoms with van der Waals surface area (Å²) in [5, 5.41) is 0. The average molecular weight is 191 g/mol.